The predicted octanol–water partition coefficient (Wildman–Crippen LogP) is 3.23. The summed E-state index contributed by atoms with van der Waals surface area (Å²) in [7, 11) is 0. The number of likely N-dealkylation sites (tertiary alicyclic amines) is 1. The zero-order valence-corrected chi connectivity index (χ0v) is 25.0. The van der Waals surface area contributed by atoms with E-state index in [0.717, 1.165) is 18.4 Å². The molecule has 1 spiro atoms. The average Bonchev–Trinajstić information content (AvgIpc) is 3.74. The van der Waals surface area contributed by atoms with Crippen LogP contribution < -0.4 is 0 Å². The minimum Gasteiger partial charge on any atom is -0.465 e. The zero-order chi connectivity index (χ0) is 30.6. The smallest absolute Gasteiger partial charge is 0.312 e. The molecule has 0 saturated carbocycles. The van der Waals surface area contributed by atoms with Crippen LogP contribution in [0.25, 0.3) is 11.0 Å². The van der Waals surface area contributed by atoms with Gasteiger partial charge in [0.15, 0.2) is 0 Å². The summed E-state index contributed by atoms with van der Waals surface area (Å²) in [5, 5.41) is 17.7. The van der Waals surface area contributed by atoms with E-state index in [1.165, 1.54) is 0 Å². The van der Waals surface area contributed by atoms with Crippen molar-refractivity contribution in [3.63, 3.8) is 0 Å². The fourth-order valence-electron chi connectivity index (χ4n) is 7.41. The monoisotopic (exact) mass is 593 g/mol. The Morgan fingerprint density at radius 2 is 1.98 bits per heavy atom. The predicted molar refractivity (Wildman–Crippen MR) is 159 cm³/mol. The van der Waals surface area contributed by atoms with E-state index in [1.54, 1.807) is 26.6 Å². The van der Waals surface area contributed by atoms with Crippen LogP contribution in [-0.2, 0) is 30.5 Å². The number of hydrogen-bond acceptors (Lipinski definition) is 8. The second-order valence-electron chi connectivity index (χ2n) is 11.8. The van der Waals surface area contributed by atoms with Crippen LogP contribution in [0.2, 0.25) is 0 Å². The second-order valence-corrected chi connectivity index (χ2v) is 11.8. The average molecular weight is 594 g/mol. The van der Waals surface area contributed by atoms with Gasteiger partial charge in [0.1, 0.15) is 29.7 Å². The molecule has 232 valence electrons. The summed E-state index contributed by atoms with van der Waals surface area (Å²) in [6.07, 6.45) is 8.42. The SMILES string of the molecule is C=CCCOC(=O)[C@H]1[C@H]2C(=O)N(CCCCCCO)C(C(=O)N(CC=C)Cn3nnc4ccccc43)C23CC[C@]1(CC)O3. The lowest BCUT2D eigenvalue weighted by Crippen LogP contribution is -2.56. The summed E-state index contributed by atoms with van der Waals surface area (Å²) in [5.74, 6) is -2.53. The molecule has 2 amide bonds. The lowest BCUT2D eigenvalue weighted by molar-refractivity contribution is -0.162. The number of nitrogens with zero attached hydrogens (tertiary/aromatic N) is 5. The number of benzene rings is 1. The van der Waals surface area contributed by atoms with Crippen molar-refractivity contribution >= 4 is 28.8 Å². The van der Waals surface area contributed by atoms with Crippen LogP contribution in [0.1, 0.15) is 58.3 Å². The van der Waals surface area contributed by atoms with E-state index >= 15 is 0 Å². The van der Waals surface area contributed by atoms with Crippen LogP contribution in [0.3, 0.4) is 0 Å². The molecule has 43 heavy (non-hydrogen) atoms. The lowest BCUT2D eigenvalue weighted by Gasteiger charge is -2.36. The summed E-state index contributed by atoms with van der Waals surface area (Å²) in [4.78, 5) is 45.9. The molecule has 3 aliphatic rings. The summed E-state index contributed by atoms with van der Waals surface area (Å²) < 4.78 is 14.2. The number of hydrogen-bond donors (Lipinski definition) is 1. The van der Waals surface area contributed by atoms with E-state index in [1.807, 2.05) is 31.2 Å². The third-order valence-electron chi connectivity index (χ3n) is 9.43. The van der Waals surface area contributed by atoms with Gasteiger partial charge in [0, 0.05) is 19.7 Å². The maximum Gasteiger partial charge on any atom is 0.312 e. The van der Waals surface area contributed by atoms with Crippen molar-refractivity contribution in [3.8, 4) is 0 Å². The highest BCUT2D eigenvalue weighted by Gasteiger charge is 2.79. The molecule has 2 bridgehead atoms. The van der Waals surface area contributed by atoms with E-state index in [0.29, 0.717) is 50.6 Å². The van der Waals surface area contributed by atoms with Gasteiger partial charge in [0.05, 0.1) is 23.6 Å². The molecule has 11 heteroatoms. The van der Waals surface area contributed by atoms with Gasteiger partial charge in [-0.05, 0) is 50.7 Å². The number of aliphatic hydroxyl groups excluding tert-OH is 1. The molecule has 0 radical (unpaired) electrons. The van der Waals surface area contributed by atoms with Crippen molar-refractivity contribution in [2.45, 2.75) is 82.2 Å². The minimum absolute atomic E-state index is 0.116. The Kier molecular flexibility index (Phi) is 9.31. The highest BCUT2D eigenvalue weighted by molar-refractivity contribution is 5.98. The van der Waals surface area contributed by atoms with E-state index in [2.05, 4.69) is 23.5 Å². The number of para-hydroxylation sites is 1. The molecule has 2 unspecified atom stereocenters. The fourth-order valence-corrected chi connectivity index (χ4v) is 7.41. The van der Waals surface area contributed by atoms with E-state index in [9.17, 15) is 19.5 Å². The molecular formula is C32H43N5O6. The summed E-state index contributed by atoms with van der Waals surface area (Å²) >= 11 is 0. The Bertz CT molecular complexity index is 1360. The first-order chi connectivity index (χ1) is 20.9. The van der Waals surface area contributed by atoms with Crippen molar-refractivity contribution in [3.05, 3.63) is 49.6 Å². The number of carbonyl (C=O) groups excluding carboxylic acids is 3. The summed E-state index contributed by atoms with van der Waals surface area (Å²) in [5.41, 5.74) is -0.494. The van der Waals surface area contributed by atoms with Crippen LogP contribution in [0.5, 0.6) is 0 Å². The highest BCUT2D eigenvalue weighted by atomic mass is 16.6. The van der Waals surface area contributed by atoms with Gasteiger partial charge in [-0.25, -0.2) is 4.68 Å². The van der Waals surface area contributed by atoms with Crippen LogP contribution in [-0.4, -0.2) is 91.2 Å². The Hall–Kier alpha value is -3.57. The van der Waals surface area contributed by atoms with Crippen molar-refractivity contribution in [2.24, 2.45) is 11.8 Å². The van der Waals surface area contributed by atoms with Crippen molar-refractivity contribution in [1.29, 1.82) is 0 Å². The summed E-state index contributed by atoms with van der Waals surface area (Å²) in [6, 6.07) is 6.62. The molecule has 3 aliphatic heterocycles. The lowest BCUT2D eigenvalue weighted by atomic mass is 9.65. The Morgan fingerprint density at radius 1 is 1.19 bits per heavy atom. The van der Waals surface area contributed by atoms with Gasteiger partial charge in [0.2, 0.25) is 11.8 Å². The van der Waals surface area contributed by atoms with Crippen LogP contribution in [0.4, 0.5) is 0 Å². The van der Waals surface area contributed by atoms with Gasteiger partial charge < -0.3 is 24.4 Å². The molecule has 4 heterocycles. The number of aliphatic hydroxyl groups is 1. The molecular weight excluding hydrogens is 550 g/mol. The molecule has 0 aliphatic carbocycles. The number of esters is 1. The first kappa shape index (κ1) is 30.9. The molecule has 5 atom stereocenters. The number of rotatable bonds is 16. The largest absolute Gasteiger partial charge is 0.465 e. The first-order valence-corrected chi connectivity index (χ1v) is 15.4. The fraction of sp³-hybridized carbons (Fsp3) is 0.594. The van der Waals surface area contributed by atoms with E-state index in [-0.39, 0.29) is 38.2 Å². The molecule has 1 N–H and O–H groups in total. The standard InChI is InChI=1S/C32H43N5O6/c1-4-7-21-42-30(41)26-25-28(39)36(19-12-8-9-13-20-38)27(32(25)17-16-31(26,6-3)43-32)29(40)35(18-5-2)22-37-24-15-11-10-14-23(24)33-34-37/h4-5,10-11,14-15,25-27,38H,1-2,6-9,12-13,16-22H2,3H3/t25-,26+,27?,31-,32?/m0/s1. The number of fused-ring (bicyclic) bond motifs is 2. The van der Waals surface area contributed by atoms with E-state index in [4.69, 9.17) is 9.47 Å². The highest BCUT2D eigenvalue weighted by Crippen LogP contribution is 2.64. The van der Waals surface area contributed by atoms with Gasteiger partial charge >= 0.3 is 5.97 Å². The quantitative estimate of drug-likeness (QED) is 0.179. The normalized spacial score (nSPS) is 27.4. The third-order valence-corrected chi connectivity index (χ3v) is 9.43. The van der Waals surface area contributed by atoms with Crippen LogP contribution in [0, 0.1) is 11.8 Å². The van der Waals surface area contributed by atoms with Crippen LogP contribution in [0.15, 0.2) is 49.6 Å². The van der Waals surface area contributed by atoms with Crippen molar-refractivity contribution in [1.82, 2.24) is 24.8 Å². The Labute approximate surface area is 252 Å². The third kappa shape index (κ3) is 5.37. The van der Waals surface area contributed by atoms with Gasteiger partial charge in [-0.15, -0.1) is 18.3 Å². The second kappa shape index (κ2) is 13.0. The first-order valence-electron chi connectivity index (χ1n) is 15.4. The van der Waals surface area contributed by atoms with Gasteiger partial charge in [-0.2, -0.15) is 0 Å². The van der Waals surface area contributed by atoms with Crippen LogP contribution >= 0.6 is 0 Å². The van der Waals surface area contributed by atoms with Crippen molar-refractivity contribution in [2.75, 3.05) is 26.3 Å². The topological polar surface area (TPSA) is 127 Å². The zero-order valence-electron chi connectivity index (χ0n) is 25.0. The molecule has 2 aromatic rings. The molecule has 1 aromatic carbocycles. The van der Waals surface area contributed by atoms with Gasteiger partial charge in [0.25, 0.3) is 0 Å². The molecule has 3 saturated heterocycles. The maximum absolute atomic E-state index is 14.7. The van der Waals surface area contributed by atoms with Crippen molar-refractivity contribution < 1.29 is 29.0 Å². The summed E-state index contributed by atoms with van der Waals surface area (Å²) in [6.45, 7) is 10.5. The molecule has 1 aromatic heterocycles. The van der Waals surface area contributed by atoms with E-state index < -0.39 is 35.0 Å². The Balaban J connectivity index is 1.50. The number of unbranched alkanes of at least 4 members (excludes halogenated alkanes) is 3. The Morgan fingerprint density at radius 3 is 2.72 bits per heavy atom. The number of amides is 2. The molecule has 11 nitrogen and oxygen atoms in total. The number of carbonyl (C=O) groups is 3. The minimum atomic E-state index is -1.14. The number of ether oxygens (including phenoxy) is 2. The maximum atomic E-state index is 14.7. The molecule has 3 fully saturated rings. The van der Waals surface area contributed by atoms with Gasteiger partial charge in [-0.3, -0.25) is 14.4 Å². The number of aromatic nitrogens is 3. The van der Waals surface area contributed by atoms with Gasteiger partial charge in [-0.1, -0.05) is 49.3 Å². The molecule has 5 rings (SSSR count).